The van der Waals surface area contributed by atoms with Crippen LogP contribution in [-0.2, 0) is 18.4 Å². The number of allylic oxidation sites excluding steroid dienone is 7. The highest BCUT2D eigenvalue weighted by Crippen LogP contribution is 2.38. The summed E-state index contributed by atoms with van der Waals surface area (Å²) in [6.07, 6.45) is 40.1. The minimum Gasteiger partial charge on any atom is -0.756 e. The van der Waals surface area contributed by atoms with Crippen molar-refractivity contribution >= 4 is 13.7 Å². The molecule has 2 N–H and O–H groups in total. The van der Waals surface area contributed by atoms with Crippen LogP contribution < -0.4 is 10.2 Å². The number of likely N-dealkylation sites (N-methyl/N-ethyl adjacent to an activating group) is 1. The highest BCUT2D eigenvalue weighted by molar-refractivity contribution is 7.45. The van der Waals surface area contributed by atoms with Crippen LogP contribution in [0.4, 0.5) is 0 Å². The fourth-order valence-electron chi connectivity index (χ4n) is 5.23. The summed E-state index contributed by atoms with van der Waals surface area (Å²) in [5.74, 6) is -0.232. The number of carbonyl (C=O) groups is 1. The van der Waals surface area contributed by atoms with Crippen LogP contribution in [0.25, 0.3) is 0 Å². The van der Waals surface area contributed by atoms with Crippen LogP contribution in [0, 0.1) is 0 Å². The third-order valence-corrected chi connectivity index (χ3v) is 9.45. The topological polar surface area (TPSA) is 108 Å². The lowest BCUT2D eigenvalue weighted by Crippen LogP contribution is -2.45. The van der Waals surface area contributed by atoms with Crippen LogP contribution in [0.3, 0.4) is 0 Å². The Morgan fingerprint density at radius 3 is 1.62 bits per heavy atom. The first-order valence-electron chi connectivity index (χ1n) is 20.0. The Hall–Kier alpha value is -1.54. The molecule has 0 saturated carbocycles. The number of aliphatic hydroxyl groups is 1. The Labute approximate surface area is 308 Å². The van der Waals surface area contributed by atoms with Crippen LogP contribution in [-0.4, -0.2) is 68.5 Å². The van der Waals surface area contributed by atoms with Crippen LogP contribution in [0.5, 0.6) is 0 Å². The Bertz CT molecular complexity index is 959. The molecule has 0 aliphatic rings. The number of nitrogens with one attached hydrogen (secondary N) is 1. The van der Waals surface area contributed by atoms with E-state index >= 15 is 0 Å². The molecule has 0 aliphatic carbocycles. The SMILES string of the molecule is CCCCCCC/C=C/CC/C=C/CC/C=C/C(O)C(COP(=O)([O-])OCC[N+](C)(C)C)NC(=O)CCCCC/C=C\CCCCCCCC. The minimum absolute atomic E-state index is 0.0130. The molecule has 0 bridgehead atoms. The van der Waals surface area contributed by atoms with Crippen molar-refractivity contribution in [2.24, 2.45) is 0 Å². The molecule has 3 atom stereocenters. The Balaban J connectivity index is 4.64. The molecular weight excluding hydrogens is 647 g/mol. The molecule has 292 valence electrons. The highest BCUT2D eigenvalue weighted by atomic mass is 31.2. The molecule has 8 nitrogen and oxygen atoms in total. The van der Waals surface area contributed by atoms with Gasteiger partial charge in [-0.15, -0.1) is 0 Å². The third-order valence-electron chi connectivity index (χ3n) is 8.49. The van der Waals surface area contributed by atoms with Gasteiger partial charge in [-0.25, -0.2) is 0 Å². The second-order valence-electron chi connectivity index (χ2n) is 14.6. The number of phosphoric acid groups is 1. The molecule has 1 amide bonds. The average molecular weight is 725 g/mol. The number of hydrogen-bond acceptors (Lipinski definition) is 6. The molecule has 3 unspecified atom stereocenters. The number of hydrogen-bond donors (Lipinski definition) is 2. The molecule has 0 aromatic heterocycles. The van der Waals surface area contributed by atoms with E-state index < -0.39 is 26.6 Å². The predicted octanol–water partition coefficient (Wildman–Crippen LogP) is 9.89. The third kappa shape index (κ3) is 34.9. The molecule has 0 fully saturated rings. The number of carbonyl (C=O) groups excluding carboxylic acids is 1. The minimum atomic E-state index is -4.60. The molecule has 9 heteroatoms. The lowest BCUT2D eigenvalue weighted by molar-refractivity contribution is -0.870. The first-order valence-corrected chi connectivity index (χ1v) is 21.5. The van der Waals surface area contributed by atoms with Crippen LogP contribution >= 0.6 is 7.82 Å². The second kappa shape index (κ2) is 33.3. The summed E-state index contributed by atoms with van der Waals surface area (Å²) in [5, 5.41) is 13.7. The van der Waals surface area contributed by atoms with Gasteiger partial charge in [0, 0.05) is 6.42 Å². The fraction of sp³-hybridized carbons (Fsp3) is 0.780. The van der Waals surface area contributed by atoms with E-state index in [1.54, 1.807) is 6.08 Å². The first-order chi connectivity index (χ1) is 24.0. The normalized spacial score (nSPS) is 15.1. The Kier molecular flexibility index (Phi) is 32.3. The number of unbranched alkanes of at least 4 members (excludes halogenated alkanes) is 16. The van der Waals surface area contributed by atoms with Gasteiger partial charge < -0.3 is 28.8 Å². The number of phosphoric ester groups is 1. The highest BCUT2D eigenvalue weighted by Gasteiger charge is 2.23. The van der Waals surface area contributed by atoms with E-state index in [1.807, 2.05) is 27.2 Å². The summed E-state index contributed by atoms with van der Waals surface area (Å²) < 4.78 is 23.1. The molecule has 0 radical (unpaired) electrons. The van der Waals surface area contributed by atoms with E-state index in [2.05, 4.69) is 55.6 Å². The zero-order chi connectivity index (χ0) is 37.2. The molecule has 0 aromatic carbocycles. The van der Waals surface area contributed by atoms with Gasteiger partial charge in [0.15, 0.2) is 0 Å². The van der Waals surface area contributed by atoms with Gasteiger partial charge >= 0.3 is 0 Å². The standard InChI is InChI=1S/C41H77N2O6P/c1-6-8-10-12-14-16-18-20-21-23-24-26-28-30-32-34-40(44)39(38-49-50(46,47)48-37-36-43(3,4)5)42-41(45)35-33-31-29-27-25-22-19-17-15-13-11-9-7-2/h18,20,22,24-26,32,34,39-40,44H,6-17,19,21,23,27-31,33,35-38H2,1-5H3,(H-,42,45,46,47)/b20-18+,25-22-,26-24+,34-32+. The van der Waals surface area contributed by atoms with Crippen LogP contribution in [0.2, 0.25) is 0 Å². The van der Waals surface area contributed by atoms with Gasteiger partial charge in [-0.2, -0.15) is 0 Å². The maximum Gasteiger partial charge on any atom is 0.268 e. The van der Waals surface area contributed by atoms with E-state index in [4.69, 9.17) is 9.05 Å². The lowest BCUT2D eigenvalue weighted by Gasteiger charge is -2.29. The van der Waals surface area contributed by atoms with Crippen LogP contribution in [0.1, 0.15) is 155 Å². The summed E-state index contributed by atoms with van der Waals surface area (Å²) in [7, 11) is 1.22. The predicted molar refractivity (Wildman–Crippen MR) is 210 cm³/mol. The molecule has 0 saturated heterocycles. The van der Waals surface area contributed by atoms with Crippen molar-refractivity contribution in [3.05, 3.63) is 48.6 Å². The van der Waals surface area contributed by atoms with Crippen molar-refractivity contribution in [1.82, 2.24) is 5.32 Å². The molecule has 0 aliphatic heterocycles. The van der Waals surface area contributed by atoms with Crippen molar-refractivity contribution in [2.45, 2.75) is 167 Å². The van der Waals surface area contributed by atoms with Gasteiger partial charge in [-0.05, 0) is 70.6 Å². The average Bonchev–Trinajstić information content (AvgIpc) is 3.06. The summed E-state index contributed by atoms with van der Waals surface area (Å²) in [6.45, 7) is 4.55. The van der Waals surface area contributed by atoms with E-state index in [1.165, 1.54) is 77.0 Å². The second-order valence-corrected chi connectivity index (χ2v) is 16.0. The molecule has 0 spiro atoms. The van der Waals surface area contributed by atoms with E-state index in [0.29, 0.717) is 17.4 Å². The van der Waals surface area contributed by atoms with Gasteiger partial charge in [0.1, 0.15) is 13.2 Å². The largest absolute Gasteiger partial charge is 0.756 e. The van der Waals surface area contributed by atoms with E-state index in [9.17, 15) is 19.4 Å². The van der Waals surface area contributed by atoms with Crippen molar-refractivity contribution in [2.75, 3.05) is 40.9 Å². The summed E-state index contributed by atoms with van der Waals surface area (Å²) in [5.41, 5.74) is 0. The summed E-state index contributed by atoms with van der Waals surface area (Å²) in [4.78, 5) is 25.2. The molecule has 0 aromatic rings. The van der Waals surface area contributed by atoms with Crippen molar-refractivity contribution in [3.8, 4) is 0 Å². The van der Waals surface area contributed by atoms with Gasteiger partial charge in [-0.3, -0.25) is 9.36 Å². The summed E-state index contributed by atoms with van der Waals surface area (Å²) >= 11 is 0. The van der Waals surface area contributed by atoms with Gasteiger partial charge in [0.05, 0.1) is 39.9 Å². The first kappa shape index (κ1) is 48.5. The van der Waals surface area contributed by atoms with Crippen molar-refractivity contribution in [1.29, 1.82) is 0 Å². The monoisotopic (exact) mass is 725 g/mol. The van der Waals surface area contributed by atoms with Crippen molar-refractivity contribution in [3.63, 3.8) is 0 Å². The Morgan fingerprint density at radius 1 is 0.680 bits per heavy atom. The maximum atomic E-state index is 12.8. The Morgan fingerprint density at radius 2 is 1.12 bits per heavy atom. The molecule has 0 heterocycles. The van der Waals surface area contributed by atoms with E-state index in [0.717, 1.165) is 57.8 Å². The zero-order valence-electron chi connectivity index (χ0n) is 32.8. The fourth-order valence-corrected chi connectivity index (χ4v) is 5.96. The number of aliphatic hydroxyl groups excluding tert-OH is 1. The lowest BCUT2D eigenvalue weighted by atomic mass is 10.1. The molecule has 0 rings (SSSR count). The van der Waals surface area contributed by atoms with Crippen LogP contribution in [0.15, 0.2) is 48.6 Å². The zero-order valence-corrected chi connectivity index (χ0v) is 33.7. The number of rotatable bonds is 35. The van der Waals surface area contributed by atoms with Gasteiger partial charge in [-0.1, -0.05) is 127 Å². The number of quaternary nitrogens is 1. The smallest absolute Gasteiger partial charge is 0.268 e. The molecular formula is C41H77N2O6P. The summed E-state index contributed by atoms with van der Waals surface area (Å²) in [6, 6.07) is -0.915. The van der Waals surface area contributed by atoms with E-state index in [-0.39, 0.29) is 12.5 Å². The molecule has 50 heavy (non-hydrogen) atoms. The van der Waals surface area contributed by atoms with Crippen molar-refractivity contribution < 1.29 is 32.9 Å². The quantitative estimate of drug-likeness (QED) is 0.0292. The number of amides is 1. The maximum absolute atomic E-state index is 12.8. The van der Waals surface area contributed by atoms with Gasteiger partial charge in [0.25, 0.3) is 7.82 Å². The number of nitrogens with zero attached hydrogens (tertiary/aromatic N) is 1. The van der Waals surface area contributed by atoms with Gasteiger partial charge in [0.2, 0.25) is 5.91 Å².